The van der Waals surface area contributed by atoms with E-state index < -0.39 is 0 Å². The molecule has 0 bridgehead atoms. The molecule has 1 aliphatic rings. The van der Waals surface area contributed by atoms with Crippen molar-refractivity contribution in [2.45, 2.75) is 24.3 Å². The number of carbonyl (C=O) groups excluding carboxylic acids is 1. The molecule has 0 radical (unpaired) electrons. The van der Waals surface area contributed by atoms with Crippen LogP contribution in [0.25, 0.3) is 0 Å². The van der Waals surface area contributed by atoms with Crippen LogP contribution >= 0.6 is 11.8 Å². The Morgan fingerprint density at radius 2 is 1.85 bits per heavy atom. The molecule has 138 valence electrons. The van der Waals surface area contributed by atoms with Crippen molar-refractivity contribution < 1.29 is 14.3 Å². The van der Waals surface area contributed by atoms with Gasteiger partial charge in [-0.15, -0.1) is 11.8 Å². The molecular formula is C20H24N2O3S. The Labute approximate surface area is 158 Å². The van der Waals surface area contributed by atoms with Crippen LogP contribution in [0.2, 0.25) is 0 Å². The molecule has 1 amide bonds. The number of hydrogen-bond donors (Lipinski definition) is 0. The van der Waals surface area contributed by atoms with Gasteiger partial charge in [-0.05, 0) is 55.7 Å². The summed E-state index contributed by atoms with van der Waals surface area (Å²) in [6.45, 7) is 2.39. The predicted octanol–water partition coefficient (Wildman–Crippen LogP) is 3.89. The van der Waals surface area contributed by atoms with Gasteiger partial charge in [0.05, 0.1) is 24.3 Å². The fourth-order valence-corrected chi connectivity index (χ4v) is 3.56. The van der Waals surface area contributed by atoms with E-state index in [4.69, 9.17) is 9.47 Å². The van der Waals surface area contributed by atoms with Gasteiger partial charge in [0.25, 0.3) is 5.91 Å². The molecule has 1 aliphatic heterocycles. The van der Waals surface area contributed by atoms with Gasteiger partial charge in [0.2, 0.25) is 0 Å². The Morgan fingerprint density at radius 1 is 1.12 bits per heavy atom. The lowest BCUT2D eigenvalue weighted by Gasteiger charge is -2.14. The molecule has 2 heterocycles. The van der Waals surface area contributed by atoms with E-state index in [1.54, 1.807) is 25.1 Å². The Morgan fingerprint density at radius 3 is 2.50 bits per heavy atom. The Kier molecular flexibility index (Phi) is 6.77. The third-order valence-electron chi connectivity index (χ3n) is 4.24. The molecule has 1 saturated heterocycles. The summed E-state index contributed by atoms with van der Waals surface area (Å²) < 4.78 is 10.8. The number of hydrogen-bond acceptors (Lipinski definition) is 5. The van der Waals surface area contributed by atoms with Crippen molar-refractivity contribution in [1.29, 1.82) is 0 Å². The summed E-state index contributed by atoms with van der Waals surface area (Å²) in [7, 11) is 1.65. The molecule has 1 aromatic heterocycles. The zero-order valence-corrected chi connectivity index (χ0v) is 15.8. The highest BCUT2D eigenvalue weighted by atomic mass is 32.2. The number of rotatable bonds is 8. The summed E-state index contributed by atoms with van der Waals surface area (Å²) in [5, 5.41) is 0.937. The van der Waals surface area contributed by atoms with Crippen LogP contribution in [0, 0.1) is 0 Å². The standard InChI is InChI=1S/C20H24N2O3S/c1-24-17-6-8-18(9-7-17)25-13-4-14-26-19-10-5-16(15-21-19)20(23)22-11-2-3-12-22/h5-10,15H,2-4,11-14H2,1H3. The first kappa shape index (κ1) is 18.6. The number of carbonyl (C=O) groups is 1. The molecule has 0 aliphatic carbocycles. The Hall–Kier alpha value is -2.21. The average molecular weight is 372 g/mol. The molecular weight excluding hydrogens is 348 g/mol. The minimum Gasteiger partial charge on any atom is -0.497 e. The number of ether oxygens (including phenoxy) is 2. The first-order valence-corrected chi connectivity index (χ1v) is 9.90. The lowest BCUT2D eigenvalue weighted by molar-refractivity contribution is 0.0792. The third-order valence-corrected chi connectivity index (χ3v) is 5.27. The van der Waals surface area contributed by atoms with Gasteiger partial charge in [-0.3, -0.25) is 4.79 Å². The van der Waals surface area contributed by atoms with Gasteiger partial charge in [-0.25, -0.2) is 4.98 Å². The van der Waals surface area contributed by atoms with E-state index in [1.807, 2.05) is 41.3 Å². The first-order valence-electron chi connectivity index (χ1n) is 8.91. The molecule has 3 rings (SSSR count). The summed E-state index contributed by atoms with van der Waals surface area (Å²) >= 11 is 1.68. The van der Waals surface area contributed by atoms with E-state index in [0.29, 0.717) is 12.2 Å². The SMILES string of the molecule is COc1ccc(OCCCSc2ccc(C(=O)N3CCCC3)cn2)cc1. The van der Waals surface area contributed by atoms with Crippen molar-refractivity contribution in [2.24, 2.45) is 0 Å². The molecule has 0 atom stereocenters. The molecule has 1 fully saturated rings. The van der Waals surface area contributed by atoms with E-state index in [1.165, 1.54) is 0 Å². The highest BCUT2D eigenvalue weighted by molar-refractivity contribution is 7.99. The maximum absolute atomic E-state index is 12.3. The second-order valence-electron chi connectivity index (χ2n) is 6.11. The fourth-order valence-electron chi connectivity index (χ4n) is 2.79. The number of methoxy groups -OCH3 is 1. The van der Waals surface area contributed by atoms with E-state index in [0.717, 1.165) is 54.6 Å². The van der Waals surface area contributed by atoms with Crippen LogP contribution in [0.5, 0.6) is 11.5 Å². The second-order valence-corrected chi connectivity index (χ2v) is 7.23. The topological polar surface area (TPSA) is 51.7 Å². The van der Waals surface area contributed by atoms with Gasteiger partial charge >= 0.3 is 0 Å². The zero-order valence-electron chi connectivity index (χ0n) is 15.0. The van der Waals surface area contributed by atoms with Crippen LogP contribution in [0.1, 0.15) is 29.6 Å². The summed E-state index contributed by atoms with van der Waals surface area (Å²) in [6.07, 6.45) is 4.82. The highest BCUT2D eigenvalue weighted by Gasteiger charge is 2.19. The summed E-state index contributed by atoms with van der Waals surface area (Å²) in [5.74, 6) is 2.69. The Balaban J connectivity index is 1.37. The van der Waals surface area contributed by atoms with Gasteiger partial charge in [0.1, 0.15) is 11.5 Å². The first-order chi connectivity index (χ1) is 12.8. The quantitative estimate of drug-likeness (QED) is 0.520. The van der Waals surface area contributed by atoms with Crippen LogP contribution in [0.3, 0.4) is 0 Å². The van der Waals surface area contributed by atoms with Crippen LogP contribution in [-0.2, 0) is 0 Å². The van der Waals surface area contributed by atoms with Crippen molar-refractivity contribution >= 4 is 17.7 Å². The predicted molar refractivity (Wildman–Crippen MR) is 103 cm³/mol. The van der Waals surface area contributed by atoms with Crippen molar-refractivity contribution in [3.05, 3.63) is 48.2 Å². The lowest BCUT2D eigenvalue weighted by atomic mass is 10.2. The van der Waals surface area contributed by atoms with Crippen molar-refractivity contribution in [2.75, 3.05) is 32.6 Å². The third kappa shape index (κ3) is 5.14. The van der Waals surface area contributed by atoms with Gasteiger partial charge in [-0.2, -0.15) is 0 Å². The summed E-state index contributed by atoms with van der Waals surface area (Å²) in [4.78, 5) is 18.6. The number of aromatic nitrogens is 1. The van der Waals surface area contributed by atoms with E-state index in [-0.39, 0.29) is 5.91 Å². The van der Waals surface area contributed by atoms with E-state index >= 15 is 0 Å². The van der Waals surface area contributed by atoms with Gasteiger partial charge < -0.3 is 14.4 Å². The van der Waals surface area contributed by atoms with Crippen LogP contribution in [-0.4, -0.2) is 48.4 Å². The van der Waals surface area contributed by atoms with E-state index in [9.17, 15) is 4.79 Å². The molecule has 0 spiro atoms. The maximum atomic E-state index is 12.3. The molecule has 26 heavy (non-hydrogen) atoms. The van der Waals surface area contributed by atoms with Crippen LogP contribution < -0.4 is 9.47 Å². The average Bonchev–Trinajstić information content (AvgIpc) is 3.23. The number of benzene rings is 1. The lowest BCUT2D eigenvalue weighted by Crippen LogP contribution is -2.27. The number of likely N-dealkylation sites (tertiary alicyclic amines) is 1. The molecule has 1 aromatic carbocycles. The second kappa shape index (κ2) is 9.48. The minimum atomic E-state index is 0.0967. The van der Waals surface area contributed by atoms with Crippen LogP contribution in [0.15, 0.2) is 47.6 Å². The van der Waals surface area contributed by atoms with Crippen molar-refractivity contribution in [3.63, 3.8) is 0 Å². The Bertz CT molecular complexity index is 698. The molecule has 6 heteroatoms. The zero-order chi connectivity index (χ0) is 18.2. The summed E-state index contributed by atoms with van der Waals surface area (Å²) in [6, 6.07) is 11.4. The van der Waals surface area contributed by atoms with Gasteiger partial charge in [0.15, 0.2) is 0 Å². The largest absolute Gasteiger partial charge is 0.497 e. The fraction of sp³-hybridized carbons (Fsp3) is 0.400. The number of pyridine rings is 1. The number of nitrogens with zero attached hydrogens (tertiary/aromatic N) is 2. The van der Waals surface area contributed by atoms with Crippen molar-refractivity contribution in [1.82, 2.24) is 9.88 Å². The molecule has 0 N–H and O–H groups in total. The highest BCUT2D eigenvalue weighted by Crippen LogP contribution is 2.20. The van der Waals surface area contributed by atoms with Gasteiger partial charge in [-0.1, -0.05) is 0 Å². The normalized spacial score (nSPS) is 13.7. The van der Waals surface area contributed by atoms with Gasteiger partial charge in [0, 0.05) is 25.0 Å². The van der Waals surface area contributed by atoms with Crippen molar-refractivity contribution in [3.8, 4) is 11.5 Å². The molecule has 0 unspecified atom stereocenters. The number of amides is 1. The minimum absolute atomic E-state index is 0.0967. The molecule has 5 nitrogen and oxygen atoms in total. The molecule has 2 aromatic rings. The molecule has 0 saturated carbocycles. The summed E-state index contributed by atoms with van der Waals surface area (Å²) in [5.41, 5.74) is 0.680. The van der Waals surface area contributed by atoms with E-state index in [2.05, 4.69) is 4.98 Å². The maximum Gasteiger partial charge on any atom is 0.255 e. The smallest absolute Gasteiger partial charge is 0.255 e. The monoisotopic (exact) mass is 372 g/mol. The number of thioether (sulfide) groups is 1. The van der Waals surface area contributed by atoms with Crippen LogP contribution in [0.4, 0.5) is 0 Å².